The van der Waals surface area contributed by atoms with E-state index >= 15 is 0 Å². The summed E-state index contributed by atoms with van der Waals surface area (Å²) in [7, 11) is 2.89. The number of hydrogen-bond acceptors (Lipinski definition) is 6. The van der Waals surface area contributed by atoms with Crippen molar-refractivity contribution in [1.82, 2.24) is 5.32 Å². The summed E-state index contributed by atoms with van der Waals surface area (Å²) in [5, 5.41) is 2.96. The minimum Gasteiger partial charge on any atom is -0.497 e. The van der Waals surface area contributed by atoms with E-state index in [2.05, 4.69) is 10.1 Å². The summed E-state index contributed by atoms with van der Waals surface area (Å²) >= 11 is 0. The lowest BCUT2D eigenvalue weighted by molar-refractivity contribution is -0.142. The molecule has 108 valence electrons. The van der Waals surface area contributed by atoms with Crippen LogP contribution < -0.4 is 10.1 Å². The van der Waals surface area contributed by atoms with Crippen molar-refractivity contribution in [2.75, 3.05) is 20.8 Å². The number of ether oxygens (including phenoxy) is 3. The largest absolute Gasteiger partial charge is 0.497 e. The number of carbonyl (C=O) groups is 2. The standard InChI is InChI=1S/C14H17NO5/c1-18-10-5-3-9(4-6-10)13(16)20-11-7-12(15-8-11)14(17)19-2/h3-6,11-12,15H,7-8H2,1-2H3/t11-,12-/m0/s1. The molecule has 0 aromatic heterocycles. The monoisotopic (exact) mass is 279 g/mol. The molecule has 1 aliphatic rings. The first kappa shape index (κ1) is 14.3. The lowest BCUT2D eigenvalue weighted by atomic mass is 10.2. The fraction of sp³-hybridized carbons (Fsp3) is 0.429. The van der Waals surface area contributed by atoms with Crippen LogP contribution in [0.25, 0.3) is 0 Å². The number of benzene rings is 1. The zero-order valence-corrected chi connectivity index (χ0v) is 11.4. The molecule has 2 atom stereocenters. The van der Waals surface area contributed by atoms with Crippen LogP contribution in [0.4, 0.5) is 0 Å². The average molecular weight is 279 g/mol. The van der Waals surface area contributed by atoms with Crippen molar-refractivity contribution in [3.8, 4) is 5.75 Å². The molecule has 0 radical (unpaired) electrons. The molecule has 2 rings (SSSR count). The predicted octanol–water partition coefficient (Wildman–Crippen LogP) is 0.756. The van der Waals surface area contributed by atoms with Crippen molar-refractivity contribution in [3.05, 3.63) is 29.8 Å². The molecule has 0 bridgehead atoms. The molecule has 1 aromatic carbocycles. The van der Waals surface area contributed by atoms with Gasteiger partial charge in [0.2, 0.25) is 0 Å². The van der Waals surface area contributed by atoms with Gasteiger partial charge in [-0.25, -0.2) is 4.79 Å². The van der Waals surface area contributed by atoms with Crippen LogP contribution >= 0.6 is 0 Å². The Hall–Kier alpha value is -2.08. The number of hydrogen-bond donors (Lipinski definition) is 1. The fourth-order valence-electron chi connectivity index (χ4n) is 2.06. The maximum atomic E-state index is 11.9. The first-order valence-electron chi connectivity index (χ1n) is 6.30. The first-order valence-corrected chi connectivity index (χ1v) is 6.30. The van der Waals surface area contributed by atoms with E-state index < -0.39 is 12.0 Å². The maximum Gasteiger partial charge on any atom is 0.338 e. The predicted molar refractivity (Wildman–Crippen MR) is 70.6 cm³/mol. The van der Waals surface area contributed by atoms with E-state index in [9.17, 15) is 9.59 Å². The van der Waals surface area contributed by atoms with Gasteiger partial charge in [-0.1, -0.05) is 0 Å². The molecule has 1 N–H and O–H groups in total. The summed E-state index contributed by atoms with van der Waals surface area (Å²) in [6.45, 7) is 0.446. The Morgan fingerprint density at radius 1 is 1.20 bits per heavy atom. The lowest BCUT2D eigenvalue weighted by Crippen LogP contribution is -2.31. The smallest absolute Gasteiger partial charge is 0.338 e. The van der Waals surface area contributed by atoms with E-state index in [0.29, 0.717) is 24.3 Å². The SMILES string of the molecule is COC(=O)[C@@H]1C[C@H](OC(=O)c2ccc(OC)cc2)CN1. The zero-order chi connectivity index (χ0) is 14.5. The summed E-state index contributed by atoms with van der Waals surface area (Å²) in [4.78, 5) is 23.3. The Bertz CT molecular complexity index is 485. The molecule has 0 amide bonds. The Morgan fingerprint density at radius 3 is 2.50 bits per heavy atom. The molecule has 1 fully saturated rings. The van der Waals surface area contributed by atoms with Crippen molar-refractivity contribution < 1.29 is 23.8 Å². The van der Waals surface area contributed by atoms with Crippen LogP contribution in [0.15, 0.2) is 24.3 Å². The zero-order valence-electron chi connectivity index (χ0n) is 11.4. The highest BCUT2D eigenvalue weighted by atomic mass is 16.5. The molecule has 0 spiro atoms. The third kappa shape index (κ3) is 3.27. The van der Waals surface area contributed by atoms with E-state index in [1.54, 1.807) is 31.4 Å². The van der Waals surface area contributed by atoms with Gasteiger partial charge in [-0.15, -0.1) is 0 Å². The van der Waals surface area contributed by atoms with Gasteiger partial charge in [0.15, 0.2) is 0 Å². The van der Waals surface area contributed by atoms with Crippen LogP contribution in [0.3, 0.4) is 0 Å². The third-order valence-corrected chi connectivity index (χ3v) is 3.18. The van der Waals surface area contributed by atoms with E-state index in [1.807, 2.05) is 0 Å². The van der Waals surface area contributed by atoms with Gasteiger partial charge < -0.3 is 19.5 Å². The van der Waals surface area contributed by atoms with Gasteiger partial charge >= 0.3 is 11.9 Å². The maximum absolute atomic E-state index is 11.9. The molecule has 20 heavy (non-hydrogen) atoms. The number of esters is 2. The van der Waals surface area contributed by atoms with Crippen LogP contribution in [0.1, 0.15) is 16.8 Å². The molecular weight excluding hydrogens is 262 g/mol. The number of methoxy groups -OCH3 is 2. The second kappa shape index (κ2) is 6.38. The summed E-state index contributed by atoms with van der Waals surface area (Å²) in [6, 6.07) is 6.26. The summed E-state index contributed by atoms with van der Waals surface area (Å²) in [5.74, 6) is -0.0761. The molecule has 1 saturated heterocycles. The molecule has 6 heteroatoms. The van der Waals surface area contributed by atoms with Gasteiger partial charge in [0.1, 0.15) is 17.9 Å². The number of rotatable bonds is 4. The van der Waals surface area contributed by atoms with Gasteiger partial charge in [-0.3, -0.25) is 4.79 Å². The highest BCUT2D eigenvalue weighted by molar-refractivity contribution is 5.89. The lowest BCUT2D eigenvalue weighted by Gasteiger charge is -2.11. The molecule has 0 unspecified atom stereocenters. The molecule has 0 saturated carbocycles. The number of carbonyl (C=O) groups excluding carboxylic acids is 2. The second-order valence-electron chi connectivity index (χ2n) is 4.48. The Kier molecular flexibility index (Phi) is 4.57. The minimum absolute atomic E-state index is 0.325. The van der Waals surface area contributed by atoms with Crippen LogP contribution in [0.5, 0.6) is 5.75 Å². The van der Waals surface area contributed by atoms with Crippen molar-refractivity contribution in [2.45, 2.75) is 18.6 Å². The summed E-state index contributed by atoms with van der Waals surface area (Å²) in [5.41, 5.74) is 0.451. The van der Waals surface area contributed by atoms with Gasteiger partial charge in [0.05, 0.1) is 19.8 Å². The van der Waals surface area contributed by atoms with Crippen molar-refractivity contribution in [3.63, 3.8) is 0 Å². The van der Waals surface area contributed by atoms with Crippen molar-refractivity contribution >= 4 is 11.9 Å². The summed E-state index contributed by atoms with van der Waals surface area (Å²) in [6.07, 6.45) is 0.0999. The van der Waals surface area contributed by atoms with Gasteiger partial charge in [-0.05, 0) is 24.3 Å². The average Bonchev–Trinajstić information content (AvgIpc) is 2.95. The molecule has 0 aliphatic carbocycles. The van der Waals surface area contributed by atoms with Crippen LogP contribution in [-0.4, -0.2) is 44.8 Å². The molecule has 1 heterocycles. The van der Waals surface area contributed by atoms with Gasteiger partial charge in [0.25, 0.3) is 0 Å². The quantitative estimate of drug-likeness (QED) is 0.820. The van der Waals surface area contributed by atoms with Gasteiger partial charge in [-0.2, -0.15) is 0 Å². The third-order valence-electron chi connectivity index (χ3n) is 3.18. The molecule has 6 nitrogen and oxygen atoms in total. The summed E-state index contributed by atoms with van der Waals surface area (Å²) < 4.78 is 15.0. The van der Waals surface area contributed by atoms with E-state index in [-0.39, 0.29) is 12.1 Å². The van der Waals surface area contributed by atoms with E-state index in [0.717, 1.165) is 0 Å². The topological polar surface area (TPSA) is 73.9 Å². The van der Waals surface area contributed by atoms with E-state index in [4.69, 9.17) is 9.47 Å². The Morgan fingerprint density at radius 2 is 1.90 bits per heavy atom. The van der Waals surface area contributed by atoms with Crippen molar-refractivity contribution in [1.29, 1.82) is 0 Å². The molecular formula is C14H17NO5. The van der Waals surface area contributed by atoms with Crippen LogP contribution in [0, 0.1) is 0 Å². The van der Waals surface area contributed by atoms with Crippen LogP contribution in [0.2, 0.25) is 0 Å². The van der Waals surface area contributed by atoms with Crippen LogP contribution in [-0.2, 0) is 14.3 Å². The molecule has 1 aliphatic heterocycles. The number of nitrogens with one attached hydrogen (secondary N) is 1. The van der Waals surface area contributed by atoms with Crippen molar-refractivity contribution in [2.24, 2.45) is 0 Å². The molecule has 1 aromatic rings. The fourth-order valence-corrected chi connectivity index (χ4v) is 2.06. The Labute approximate surface area is 117 Å². The minimum atomic E-state index is -0.412. The first-order chi connectivity index (χ1) is 9.63. The van der Waals surface area contributed by atoms with Gasteiger partial charge in [0, 0.05) is 13.0 Å². The second-order valence-corrected chi connectivity index (χ2v) is 4.48. The van der Waals surface area contributed by atoms with E-state index in [1.165, 1.54) is 7.11 Å². The Balaban J connectivity index is 1.90. The highest BCUT2D eigenvalue weighted by Gasteiger charge is 2.32. The normalized spacial score (nSPS) is 21.3. The highest BCUT2D eigenvalue weighted by Crippen LogP contribution is 2.16.